The summed E-state index contributed by atoms with van der Waals surface area (Å²) in [7, 11) is 0. The van der Waals surface area contributed by atoms with Gasteiger partial charge in [-0.15, -0.1) is 0 Å². The van der Waals surface area contributed by atoms with E-state index >= 15 is 0 Å². The van der Waals surface area contributed by atoms with Crippen LogP contribution >= 0.6 is 0 Å². The van der Waals surface area contributed by atoms with E-state index in [2.05, 4.69) is 75.4 Å². The molecular weight excluding hydrogens is 278 g/mol. The molecule has 0 amide bonds. The minimum absolute atomic E-state index is 0.133. The number of hydrogen-bond acceptors (Lipinski definition) is 1. The number of hydrogen-bond donors (Lipinski definition) is 0. The second kappa shape index (κ2) is 5.06. The smallest absolute Gasteiger partial charge is 0.0783 e. The van der Waals surface area contributed by atoms with Crippen LogP contribution in [0.25, 0.3) is 22.4 Å². The average molecular weight is 299 g/mol. The molecule has 1 aliphatic carbocycles. The molecule has 0 N–H and O–H groups in total. The first kappa shape index (κ1) is 14.2. The molecule has 1 nitrogen and oxygen atoms in total. The van der Waals surface area contributed by atoms with E-state index in [4.69, 9.17) is 4.98 Å². The zero-order chi connectivity index (χ0) is 16.0. The standard InChI is InChI=1S/C22H21N/c1-22(2,3)20-16-10-5-4-9-15(16)18-13-8-14-23-21(18)19-12-7-6-11-17(19)20/h4-14,20H,1-3H3. The van der Waals surface area contributed by atoms with Crippen molar-refractivity contribution in [1.29, 1.82) is 0 Å². The Balaban J connectivity index is 2.17. The fraction of sp³-hybridized carbons (Fsp3) is 0.227. The van der Waals surface area contributed by atoms with Crippen LogP contribution in [0.3, 0.4) is 0 Å². The fourth-order valence-corrected chi connectivity index (χ4v) is 3.90. The highest BCUT2D eigenvalue weighted by molar-refractivity contribution is 5.87. The highest BCUT2D eigenvalue weighted by atomic mass is 14.7. The van der Waals surface area contributed by atoms with E-state index in [0.717, 1.165) is 5.69 Å². The number of pyridine rings is 1. The number of fused-ring (bicyclic) bond motifs is 5. The van der Waals surface area contributed by atoms with Crippen LogP contribution in [0, 0.1) is 5.41 Å². The van der Waals surface area contributed by atoms with E-state index in [1.807, 2.05) is 12.3 Å². The molecule has 0 fully saturated rings. The summed E-state index contributed by atoms with van der Waals surface area (Å²) in [6.45, 7) is 6.98. The van der Waals surface area contributed by atoms with E-state index < -0.39 is 0 Å². The molecule has 0 spiro atoms. The van der Waals surface area contributed by atoms with Gasteiger partial charge in [-0.2, -0.15) is 0 Å². The van der Waals surface area contributed by atoms with Crippen molar-refractivity contribution in [1.82, 2.24) is 4.98 Å². The molecule has 0 saturated heterocycles. The summed E-state index contributed by atoms with van der Waals surface area (Å²) in [6.07, 6.45) is 1.90. The topological polar surface area (TPSA) is 12.9 Å². The van der Waals surface area contributed by atoms with Crippen LogP contribution in [-0.4, -0.2) is 4.98 Å². The largest absolute Gasteiger partial charge is 0.256 e. The predicted octanol–water partition coefficient (Wildman–Crippen LogP) is 5.91. The van der Waals surface area contributed by atoms with Gasteiger partial charge in [0.05, 0.1) is 5.69 Å². The third-order valence-corrected chi connectivity index (χ3v) is 4.76. The van der Waals surface area contributed by atoms with Crippen LogP contribution in [0.2, 0.25) is 0 Å². The van der Waals surface area contributed by atoms with Crippen molar-refractivity contribution in [3.63, 3.8) is 0 Å². The Morgan fingerprint density at radius 1 is 0.696 bits per heavy atom. The highest BCUT2D eigenvalue weighted by Gasteiger charge is 2.34. The molecule has 0 radical (unpaired) electrons. The normalized spacial score (nSPS) is 16.0. The molecule has 3 aromatic rings. The summed E-state index contributed by atoms with van der Waals surface area (Å²) in [5.41, 5.74) is 7.83. The predicted molar refractivity (Wildman–Crippen MR) is 96.4 cm³/mol. The molecule has 4 rings (SSSR count). The van der Waals surface area contributed by atoms with Crippen LogP contribution in [0.5, 0.6) is 0 Å². The van der Waals surface area contributed by atoms with E-state index in [1.54, 1.807) is 0 Å². The minimum atomic E-state index is 0.133. The van der Waals surface area contributed by atoms with Crippen LogP contribution in [0.1, 0.15) is 37.8 Å². The molecular formula is C22H21N. The monoisotopic (exact) mass is 299 g/mol. The van der Waals surface area contributed by atoms with Crippen molar-refractivity contribution in [3.8, 4) is 22.4 Å². The van der Waals surface area contributed by atoms with Crippen molar-refractivity contribution >= 4 is 0 Å². The molecule has 2 aromatic carbocycles. The molecule has 1 aliphatic rings. The maximum Gasteiger partial charge on any atom is 0.0783 e. The first-order valence-corrected chi connectivity index (χ1v) is 8.21. The Morgan fingerprint density at radius 2 is 1.26 bits per heavy atom. The first-order chi connectivity index (χ1) is 11.1. The molecule has 0 aliphatic heterocycles. The maximum atomic E-state index is 4.74. The summed E-state index contributed by atoms with van der Waals surface area (Å²) >= 11 is 0. The van der Waals surface area contributed by atoms with E-state index in [0.29, 0.717) is 5.92 Å². The third-order valence-electron chi connectivity index (χ3n) is 4.76. The lowest BCUT2D eigenvalue weighted by Crippen LogP contribution is -2.20. The van der Waals surface area contributed by atoms with Gasteiger partial charge in [0.25, 0.3) is 0 Å². The zero-order valence-corrected chi connectivity index (χ0v) is 13.9. The number of rotatable bonds is 0. The highest BCUT2D eigenvalue weighted by Crippen LogP contribution is 2.50. The number of benzene rings is 2. The van der Waals surface area contributed by atoms with Gasteiger partial charge >= 0.3 is 0 Å². The van der Waals surface area contributed by atoms with Gasteiger partial charge in [-0.05, 0) is 28.2 Å². The van der Waals surface area contributed by atoms with Crippen LogP contribution in [0.4, 0.5) is 0 Å². The Hall–Kier alpha value is -2.41. The summed E-state index contributed by atoms with van der Waals surface area (Å²) in [5, 5.41) is 0. The van der Waals surface area contributed by atoms with Crippen molar-refractivity contribution in [2.75, 3.05) is 0 Å². The lowest BCUT2D eigenvalue weighted by atomic mass is 9.71. The van der Waals surface area contributed by atoms with E-state index in [9.17, 15) is 0 Å². The average Bonchev–Trinajstić information content (AvgIpc) is 2.67. The summed E-state index contributed by atoms with van der Waals surface area (Å²) in [4.78, 5) is 4.74. The van der Waals surface area contributed by atoms with Gasteiger partial charge in [-0.25, -0.2) is 0 Å². The Morgan fingerprint density at radius 3 is 1.96 bits per heavy atom. The summed E-state index contributed by atoms with van der Waals surface area (Å²) in [6, 6.07) is 21.8. The Bertz CT molecular complexity index is 804. The Labute approximate surface area is 138 Å². The van der Waals surface area contributed by atoms with Crippen molar-refractivity contribution in [3.05, 3.63) is 78.0 Å². The maximum absolute atomic E-state index is 4.74. The van der Waals surface area contributed by atoms with Crippen molar-refractivity contribution in [2.45, 2.75) is 26.7 Å². The zero-order valence-electron chi connectivity index (χ0n) is 13.9. The fourth-order valence-electron chi connectivity index (χ4n) is 3.90. The SMILES string of the molecule is CC(C)(C)C1c2ccccc2-c2cccnc2-c2ccccc21. The first-order valence-electron chi connectivity index (χ1n) is 8.21. The molecule has 1 unspecified atom stereocenters. The second-order valence-corrected chi connectivity index (χ2v) is 7.37. The lowest BCUT2D eigenvalue weighted by molar-refractivity contribution is 0.360. The van der Waals surface area contributed by atoms with E-state index in [-0.39, 0.29) is 5.41 Å². The second-order valence-electron chi connectivity index (χ2n) is 7.37. The molecule has 1 atom stereocenters. The van der Waals surface area contributed by atoms with Gasteiger partial charge < -0.3 is 0 Å². The van der Waals surface area contributed by atoms with Gasteiger partial charge in [0.1, 0.15) is 0 Å². The van der Waals surface area contributed by atoms with Crippen LogP contribution in [0.15, 0.2) is 66.9 Å². The van der Waals surface area contributed by atoms with Gasteiger partial charge in [0, 0.05) is 23.2 Å². The molecule has 0 bridgehead atoms. The van der Waals surface area contributed by atoms with Crippen LogP contribution < -0.4 is 0 Å². The van der Waals surface area contributed by atoms with Gasteiger partial charge in [-0.3, -0.25) is 4.98 Å². The summed E-state index contributed by atoms with van der Waals surface area (Å²) < 4.78 is 0. The lowest BCUT2D eigenvalue weighted by Gasteiger charge is -2.33. The number of aromatic nitrogens is 1. The Kier molecular flexibility index (Phi) is 3.12. The molecule has 1 heterocycles. The quantitative estimate of drug-likeness (QED) is 0.503. The number of nitrogens with zero attached hydrogens (tertiary/aromatic N) is 1. The van der Waals surface area contributed by atoms with E-state index in [1.165, 1.54) is 27.8 Å². The van der Waals surface area contributed by atoms with Crippen molar-refractivity contribution in [2.24, 2.45) is 5.41 Å². The van der Waals surface area contributed by atoms with Gasteiger partial charge in [0.2, 0.25) is 0 Å². The molecule has 1 aromatic heterocycles. The molecule has 1 heteroatoms. The molecule has 23 heavy (non-hydrogen) atoms. The van der Waals surface area contributed by atoms with Gasteiger partial charge in [0.15, 0.2) is 0 Å². The summed E-state index contributed by atoms with van der Waals surface area (Å²) in [5.74, 6) is 0.351. The minimum Gasteiger partial charge on any atom is -0.256 e. The van der Waals surface area contributed by atoms with Gasteiger partial charge in [-0.1, -0.05) is 75.4 Å². The van der Waals surface area contributed by atoms with Crippen molar-refractivity contribution < 1.29 is 0 Å². The van der Waals surface area contributed by atoms with Crippen LogP contribution in [-0.2, 0) is 0 Å². The molecule has 0 saturated carbocycles. The third kappa shape index (κ3) is 2.19. The molecule has 114 valence electrons.